The number of rotatable bonds is 7. The number of hydrogen-bond donors (Lipinski definition) is 1. The maximum atomic E-state index is 6.20. The lowest BCUT2D eigenvalue weighted by Gasteiger charge is -2.27. The number of nitrogens with zero attached hydrogens (tertiary/aromatic N) is 1. The van der Waals surface area contributed by atoms with Crippen molar-refractivity contribution in [3.8, 4) is 5.75 Å². The first kappa shape index (κ1) is 15.6. The van der Waals surface area contributed by atoms with Crippen LogP contribution in [0.2, 0.25) is 5.02 Å². The molecule has 1 aliphatic rings. The van der Waals surface area contributed by atoms with E-state index < -0.39 is 0 Å². The van der Waals surface area contributed by atoms with E-state index in [0.29, 0.717) is 6.61 Å². The van der Waals surface area contributed by atoms with Crippen molar-refractivity contribution in [1.82, 2.24) is 10.2 Å². The van der Waals surface area contributed by atoms with Gasteiger partial charge in [-0.1, -0.05) is 17.7 Å². The Labute approximate surface area is 127 Å². The third-order valence-corrected chi connectivity index (χ3v) is 3.99. The van der Waals surface area contributed by atoms with Crippen molar-refractivity contribution in [1.29, 1.82) is 0 Å². The monoisotopic (exact) mass is 296 g/mol. The molecule has 3 nitrogen and oxygen atoms in total. The zero-order valence-electron chi connectivity index (χ0n) is 12.3. The normalized spacial score (nSPS) is 16.3. The number of nitrogens with one attached hydrogen (secondary N) is 1. The summed E-state index contributed by atoms with van der Waals surface area (Å²) in [4.78, 5) is 2.54. The Morgan fingerprint density at radius 1 is 1.25 bits per heavy atom. The minimum atomic E-state index is 0.657. The molecule has 112 valence electrons. The summed E-state index contributed by atoms with van der Waals surface area (Å²) in [5.41, 5.74) is 1.30. The molecule has 0 saturated carbocycles. The topological polar surface area (TPSA) is 24.5 Å². The molecule has 1 aromatic carbocycles. The molecule has 1 N–H and O–H groups in total. The van der Waals surface area contributed by atoms with Crippen molar-refractivity contribution < 1.29 is 4.74 Å². The van der Waals surface area contributed by atoms with Gasteiger partial charge < -0.3 is 15.0 Å². The van der Waals surface area contributed by atoms with Crippen LogP contribution in [0.15, 0.2) is 18.2 Å². The molecular weight excluding hydrogens is 272 g/mol. The number of piperazine rings is 1. The fourth-order valence-corrected chi connectivity index (χ4v) is 2.83. The van der Waals surface area contributed by atoms with Crippen molar-refractivity contribution in [3.05, 3.63) is 28.8 Å². The first-order valence-corrected chi connectivity index (χ1v) is 8.01. The minimum absolute atomic E-state index is 0.657. The minimum Gasteiger partial charge on any atom is -0.492 e. The predicted octanol–water partition coefficient (Wildman–Crippen LogP) is 2.97. The van der Waals surface area contributed by atoms with Crippen molar-refractivity contribution in [2.45, 2.75) is 26.2 Å². The molecule has 1 saturated heterocycles. The van der Waals surface area contributed by atoms with Crippen molar-refractivity contribution in [2.24, 2.45) is 0 Å². The average molecular weight is 297 g/mol. The first-order valence-electron chi connectivity index (χ1n) is 7.64. The molecule has 20 heavy (non-hydrogen) atoms. The number of aryl methyl sites for hydroxylation is 1. The first-order chi connectivity index (χ1) is 9.79. The predicted molar refractivity (Wildman–Crippen MR) is 84.9 cm³/mol. The van der Waals surface area contributed by atoms with Gasteiger partial charge in [0.05, 0.1) is 11.6 Å². The number of benzene rings is 1. The highest BCUT2D eigenvalue weighted by molar-refractivity contribution is 6.32. The molecule has 1 aliphatic heterocycles. The van der Waals surface area contributed by atoms with Crippen LogP contribution in [0.4, 0.5) is 0 Å². The second-order valence-electron chi connectivity index (χ2n) is 5.25. The fourth-order valence-electron chi connectivity index (χ4n) is 2.57. The molecule has 0 aliphatic carbocycles. The van der Waals surface area contributed by atoms with Crippen molar-refractivity contribution in [2.75, 3.05) is 39.3 Å². The lowest BCUT2D eigenvalue weighted by atomic mass is 10.1. The Kier molecular flexibility index (Phi) is 6.64. The summed E-state index contributed by atoms with van der Waals surface area (Å²) >= 11 is 6.20. The van der Waals surface area contributed by atoms with Crippen LogP contribution >= 0.6 is 11.6 Å². The molecule has 0 amide bonds. The third kappa shape index (κ3) is 4.97. The van der Waals surface area contributed by atoms with Gasteiger partial charge in [-0.05, 0) is 50.4 Å². The molecule has 1 aromatic rings. The van der Waals surface area contributed by atoms with E-state index in [1.807, 2.05) is 19.1 Å². The summed E-state index contributed by atoms with van der Waals surface area (Å²) in [7, 11) is 0. The van der Waals surface area contributed by atoms with E-state index in [2.05, 4.69) is 16.3 Å². The van der Waals surface area contributed by atoms with E-state index in [9.17, 15) is 0 Å². The summed E-state index contributed by atoms with van der Waals surface area (Å²) < 4.78 is 5.45. The molecule has 0 unspecified atom stereocenters. The van der Waals surface area contributed by atoms with Gasteiger partial charge >= 0.3 is 0 Å². The largest absolute Gasteiger partial charge is 0.492 e. The van der Waals surface area contributed by atoms with Gasteiger partial charge in [-0.2, -0.15) is 0 Å². The molecule has 1 fully saturated rings. The quantitative estimate of drug-likeness (QED) is 0.783. The molecule has 4 heteroatoms. The molecule has 2 rings (SSSR count). The highest BCUT2D eigenvalue weighted by Crippen LogP contribution is 2.26. The molecular formula is C16H25ClN2O. The third-order valence-electron chi connectivity index (χ3n) is 3.70. The van der Waals surface area contributed by atoms with Crippen LogP contribution in [0.1, 0.15) is 25.3 Å². The summed E-state index contributed by atoms with van der Waals surface area (Å²) in [5.74, 6) is 0.790. The van der Waals surface area contributed by atoms with Crippen molar-refractivity contribution in [3.63, 3.8) is 0 Å². The van der Waals surface area contributed by atoms with Crippen LogP contribution in [0.5, 0.6) is 5.75 Å². The Morgan fingerprint density at radius 2 is 2.05 bits per heavy atom. The second kappa shape index (κ2) is 8.50. The molecule has 0 aromatic heterocycles. The molecule has 1 heterocycles. The zero-order chi connectivity index (χ0) is 14.2. The van der Waals surface area contributed by atoms with Crippen LogP contribution in [-0.4, -0.2) is 44.2 Å². The molecule has 0 spiro atoms. The van der Waals surface area contributed by atoms with Gasteiger partial charge in [0, 0.05) is 26.2 Å². The summed E-state index contributed by atoms with van der Waals surface area (Å²) in [6, 6.07) is 6.15. The maximum absolute atomic E-state index is 6.20. The van der Waals surface area contributed by atoms with E-state index in [1.54, 1.807) is 0 Å². The summed E-state index contributed by atoms with van der Waals surface area (Å²) in [5, 5.41) is 4.11. The second-order valence-corrected chi connectivity index (χ2v) is 5.65. The van der Waals surface area contributed by atoms with Gasteiger partial charge in [-0.3, -0.25) is 0 Å². The Bertz CT molecular complexity index is 405. The summed E-state index contributed by atoms with van der Waals surface area (Å²) in [6.07, 6.45) is 3.57. The highest BCUT2D eigenvalue weighted by atomic mass is 35.5. The van der Waals surface area contributed by atoms with Gasteiger partial charge in [0.15, 0.2) is 0 Å². The number of halogens is 1. The van der Waals surface area contributed by atoms with E-state index in [-0.39, 0.29) is 0 Å². The summed E-state index contributed by atoms with van der Waals surface area (Å²) in [6.45, 7) is 8.49. The SMILES string of the molecule is CCOc1ccc(CCCCN2CCNCC2)cc1Cl. The number of hydrogen-bond acceptors (Lipinski definition) is 3. The van der Waals surface area contributed by atoms with E-state index in [1.165, 1.54) is 38.0 Å². The van der Waals surface area contributed by atoms with Crippen LogP contribution in [0.25, 0.3) is 0 Å². The van der Waals surface area contributed by atoms with Crippen LogP contribution < -0.4 is 10.1 Å². The number of unbranched alkanes of at least 4 members (excludes halogenated alkanes) is 1. The van der Waals surface area contributed by atoms with Gasteiger partial charge in [0.1, 0.15) is 5.75 Å². The molecule has 0 radical (unpaired) electrons. The van der Waals surface area contributed by atoms with Gasteiger partial charge in [-0.15, -0.1) is 0 Å². The zero-order valence-corrected chi connectivity index (χ0v) is 13.1. The lowest BCUT2D eigenvalue weighted by Crippen LogP contribution is -2.43. The van der Waals surface area contributed by atoms with Gasteiger partial charge in [-0.25, -0.2) is 0 Å². The lowest BCUT2D eigenvalue weighted by molar-refractivity contribution is 0.237. The number of ether oxygens (including phenoxy) is 1. The van der Waals surface area contributed by atoms with Crippen molar-refractivity contribution >= 4 is 11.6 Å². The van der Waals surface area contributed by atoms with E-state index >= 15 is 0 Å². The van der Waals surface area contributed by atoms with Gasteiger partial charge in [0.2, 0.25) is 0 Å². The molecule has 0 atom stereocenters. The average Bonchev–Trinajstić information content (AvgIpc) is 2.48. The highest BCUT2D eigenvalue weighted by Gasteiger charge is 2.08. The molecule has 0 bridgehead atoms. The fraction of sp³-hybridized carbons (Fsp3) is 0.625. The standard InChI is InChI=1S/C16H25ClN2O/c1-2-20-16-7-6-14(13-15(16)17)5-3-4-10-19-11-8-18-9-12-19/h6-7,13,18H,2-5,8-12H2,1H3. The Morgan fingerprint density at radius 3 is 2.75 bits per heavy atom. The van der Waals surface area contributed by atoms with Gasteiger partial charge in [0.25, 0.3) is 0 Å². The smallest absolute Gasteiger partial charge is 0.137 e. The maximum Gasteiger partial charge on any atom is 0.137 e. The van der Waals surface area contributed by atoms with E-state index in [4.69, 9.17) is 16.3 Å². The van der Waals surface area contributed by atoms with Crippen LogP contribution in [-0.2, 0) is 6.42 Å². The van der Waals surface area contributed by atoms with E-state index in [0.717, 1.165) is 30.3 Å². The van der Waals surface area contributed by atoms with Crippen LogP contribution in [0, 0.1) is 0 Å². The Balaban J connectivity index is 1.69. The van der Waals surface area contributed by atoms with Crippen LogP contribution in [0.3, 0.4) is 0 Å². The Hall–Kier alpha value is -0.770.